The second kappa shape index (κ2) is 5.16. The van der Waals surface area contributed by atoms with E-state index in [1.807, 2.05) is 6.92 Å². The molecule has 0 radical (unpaired) electrons. The summed E-state index contributed by atoms with van der Waals surface area (Å²) < 4.78 is 24.9. The van der Waals surface area contributed by atoms with Gasteiger partial charge in [-0.15, -0.1) is 21.5 Å². The van der Waals surface area contributed by atoms with E-state index in [1.54, 1.807) is 12.1 Å². The molecule has 0 atom stereocenters. The van der Waals surface area contributed by atoms with Gasteiger partial charge in [0.05, 0.1) is 9.21 Å². The number of halogens is 2. The molecule has 0 spiro atoms. The van der Waals surface area contributed by atoms with Crippen LogP contribution >= 0.6 is 33.6 Å². The van der Waals surface area contributed by atoms with E-state index in [4.69, 9.17) is 22.3 Å². The van der Waals surface area contributed by atoms with Crippen LogP contribution in [0.5, 0.6) is 0 Å². The number of aromatic nitrogens is 3. The molecule has 98 valence electrons. The molecular formula is C9H9Cl2N3O2S2. The maximum absolute atomic E-state index is 11.4. The lowest BCUT2D eigenvalue weighted by Gasteiger charge is -2.05. The third-order valence-electron chi connectivity index (χ3n) is 2.18. The van der Waals surface area contributed by atoms with Crippen molar-refractivity contribution in [3.8, 4) is 10.7 Å². The van der Waals surface area contributed by atoms with Gasteiger partial charge < -0.3 is 0 Å². The van der Waals surface area contributed by atoms with E-state index < -0.39 is 9.05 Å². The molecule has 0 aromatic carbocycles. The van der Waals surface area contributed by atoms with Crippen LogP contribution in [0.1, 0.15) is 13.3 Å². The zero-order valence-corrected chi connectivity index (χ0v) is 12.4. The maximum Gasteiger partial charge on any atom is 0.296 e. The highest BCUT2D eigenvalue weighted by atomic mass is 35.7. The van der Waals surface area contributed by atoms with Gasteiger partial charge in [0.25, 0.3) is 14.2 Å². The summed E-state index contributed by atoms with van der Waals surface area (Å²) in [6.45, 7) is 2.40. The van der Waals surface area contributed by atoms with Crippen molar-refractivity contribution in [3.63, 3.8) is 0 Å². The Kier molecular flexibility index (Phi) is 3.96. The molecule has 0 aliphatic rings. The van der Waals surface area contributed by atoms with Gasteiger partial charge in [0.15, 0.2) is 5.82 Å². The molecule has 0 bridgehead atoms. The fourth-order valence-corrected chi connectivity index (χ4v) is 3.47. The summed E-state index contributed by atoms with van der Waals surface area (Å²) in [7, 11) is 1.43. The SMILES string of the molecule is CCCn1c(-c2ccc(Cl)s2)nnc1S(=O)(=O)Cl. The number of hydrogen-bond donors (Lipinski definition) is 0. The highest BCUT2D eigenvalue weighted by Crippen LogP contribution is 2.31. The fourth-order valence-electron chi connectivity index (χ4n) is 1.51. The van der Waals surface area contributed by atoms with Gasteiger partial charge in [-0.1, -0.05) is 18.5 Å². The predicted octanol–water partition coefficient (Wildman–Crippen LogP) is 3.00. The van der Waals surface area contributed by atoms with Crippen molar-refractivity contribution in [2.45, 2.75) is 25.0 Å². The van der Waals surface area contributed by atoms with Crippen molar-refractivity contribution >= 4 is 42.7 Å². The van der Waals surface area contributed by atoms with E-state index in [0.29, 0.717) is 16.7 Å². The summed E-state index contributed by atoms with van der Waals surface area (Å²) in [5.41, 5.74) is 0. The molecule has 18 heavy (non-hydrogen) atoms. The molecule has 0 unspecified atom stereocenters. The minimum absolute atomic E-state index is 0.231. The van der Waals surface area contributed by atoms with Gasteiger partial charge in [0.2, 0.25) is 0 Å². The standard InChI is InChI=1S/C9H9Cl2N3O2S2/c1-2-5-14-8(6-3-4-7(10)17-6)12-13-9(14)18(11,15)16/h3-4H,2,5H2,1H3. The minimum Gasteiger partial charge on any atom is -0.296 e. The van der Waals surface area contributed by atoms with Gasteiger partial charge in [-0.25, -0.2) is 8.42 Å². The Labute approximate surface area is 118 Å². The van der Waals surface area contributed by atoms with E-state index in [-0.39, 0.29) is 5.16 Å². The van der Waals surface area contributed by atoms with Crippen LogP contribution in [0.2, 0.25) is 4.34 Å². The summed E-state index contributed by atoms with van der Waals surface area (Å²) in [6.07, 6.45) is 0.740. The largest absolute Gasteiger partial charge is 0.296 e. The van der Waals surface area contributed by atoms with E-state index in [0.717, 1.165) is 11.3 Å². The quantitative estimate of drug-likeness (QED) is 0.810. The van der Waals surface area contributed by atoms with Crippen LogP contribution in [0.15, 0.2) is 17.3 Å². The van der Waals surface area contributed by atoms with E-state index in [9.17, 15) is 8.42 Å². The molecule has 0 amide bonds. The van der Waals surface area contributed by atoms with Crippen LogP contribution in [-0.2, 0) is 15.6 Å². The van der Waals surface area contributed by atoms with Crippen LogP contribution in [0.3, 0.4) is 0 Å². The average Bonchev–Trinajstić information content (AvgIpc) is 2.83. The molecule has 5 nitrogen and oxygen atoms in total. The van der Waals surface area contributed by atoms with Crippen LogP contribution in [0.4, 0.5) is 0 Å². The molecule has 0 fully saturated rings. The molecule has 0 saturated carbocycles. The first kappa shape index (κ1) is 13.8. The normalized spacial score (nSPS) is 11.9. The number of nitrogens with zero attached hydrogens (tertiary/aromatic N) is 3. The Hall–Kier alpha value is -0.630. The molecule has 0 aliphatic heterocycles. The lowest BCUT2D eigenvalue weighted by Crippen LogP contribution is -2.07. The molecule has 9 heteroatoms. The third-order valence-corrected chi connectivity index (χ3v) is 4.56. The lowest BCUT2D eigenvalue weighted by molar-refractivity contribution is 0.570. The Morgan fingerprint density at radius 3 is 2.61 bits per heavy atom. The van der Waals surface area contributed by atoms with Crippen LogP contribution in [0.25, 0.3) is 10.7 Å². The van der Waals surface area contributed by atoms with Crippen LogP contribution in [-0.4, -0.2) is 23.2 Å². The van der Waals surface area contributed by atoms with Gasteiger partial charge in [0.1, 0.15) is 0 Å². The molecule has 2 heterocycles. The first-order valence-electron chi connectivity index (χ1n) is 5.07. The number of rotatable bonds is 4. The summed E-state index contributed by atoms with van der Waals surface area (Å²) in [4.78, 5) is 0.757. The molecular weight excluding hydrogens is 317 g/mol. The van der Waals surface area contributed by atoms with Gasteiger partial charge in [0, 0.05) is 17.2 Å². The molecule has 0 saturated heterocycles. The van der Waals surface area contributed by atoms with Crippen molar-refractivity contribution in [1.82, 2.24) is 14.8 Å². The first-order valence-corrected chi connectivity index (χ1v) is 8.57. The van der Waals surface area contributed by atoms with E-state index in [1.165, 1.54) is 15.9 Å². The highest BCUT2D eigenvalue weighted by molar-refractivity contribution is 8.13. The third kappa shape index (κ3) is 2.69. The second-order valence-corrected chi connectivity index (χ2v) is 7.67. The van der Waals surface area contributed by atoms with Crippen molar-refractivity contribution in [3.05, 3.63) is 16.5 Å². The average molecular weight is 326 g/mol. The minimum atomic E-state index is -3.90. The second-order valence-electron chi connectivity index (χ2n) is 3.50. The number of thiophene rings is 1. The first-order chi connectivity index (χ1) is 8.43. The summed E-state index contributed by atoms with van der Waals surface area (Å²) in [6, 6.07) is 3.50. The van der Waals surface area contributed by atoms with Gasteiger partial charge in [-0.05, 0) is 18.6 Å². The summed E-state index contributed by atoms with van der Waals surface area (Å²) >= 11 is 7.16. The van der Waals surface area contributed by atoms with E-state index >= 15 is 0 Å². The molecule has 2 rings (SSSR count). The van der Waals surface area contributed by atoms with Crippen LogP contribution < -0.4 is 0 Å². The Morgan fingerprint density at radius 1 is 1.39 bits per heavy atom. The Morgan fingerprint density at radius 2 is 2.11 bits per heavy atom. The molecule has 2 aromatic heterocycles. The predicted molar refractivity (Wildman–Crippen MR) is 71.7 cm³/mol. The van der Waals surface area contributed by atoms with Crippen molar-refractivity contribution in [1.29, 1.82) is 0 Å². The maximum atomic E-state index is 11.4. The number of hydrogen-bond acceptors (Lipinski definition) is 5. The lowest BCUT2D eigenvalue weighted by atomic mass is 10.4. The smallest absolute Gasteiger partial charge is 0.296 e. The zero-order chi connectivity index (χ0) is 13.3. The van der Waals surface area contributed by atoms with Gasteiger partial charge in [-0.3, -0.25) is 4.57 Å². The molecule has 0 aliphatic carbocycles. The molecule has 0 N–H and O–H groups in total. The van der Waals surface area contributed by atoms with Crippen molar-refractivity contribution in [2.75, 3.05) is 0 Å². The Bertz CT molecular complexity index is 663. The van der Waals surface area contributed by atoms with Gasteiger partial charge in [-0.2, -0.15) is 0 Å². The van der Waals surface area contributed by atoms with Crippen molar-refractivity contribution in [2.24, 2.45) is 0 Å². The Balaban J connectivity index is 2.59. The zero-order valence-electron chi connectivity index (χ0n) is 9.30. The highest BCUT2D eigenvalue weighted by Gasteiger charge is 2.23. The summed E-state index contributed by atoms with van der Waals surface area (Å²) in [5.74, 6) is 0.466. The topological polar surface area (TPSA) is 64.8 Å². The van der Waals surface area contributed by atoms with Crippen LogP contribution in [0, 0.1) is 0 Å². The molecule has 2 aromatic rings. The van der Waals surface area contributed by atoms with Crippen molar-refractivity contribution < 1.29 is 8.42 Å². The van der Waals surface area contributed by atoms with E-state index in [2.05, 4.69) is 10.2 Å². The van der Waals surface area contributed by atoms with Gasteiger partial charge >= 0.3 is 0 Å². The monoisotopic (exact) mass is 325 g/mol. The summed E-state index contributed by atoms with van der Waals surface area (Å²) in [5, 5.41) is 7.30. The fraction of sp³-hybridized carbons (Fsp3) is 0.333.